The van der Waals surface area contributed by atoms with Gasteiger partial charge in [-0.2, -0.15) is 0 Å². The van der Waals surface area contributed by atoms with Crippen molar-refractivity contribution in [3.8, 4) is 22.3 Å². The van der Waals surface area contributed by atoms with Gasteiger partial charge >= 0.3 is 13.7 Å². The molecule has 0 fully saturated rings. The highest BCUT2D eigenvalue weighted by Gasteiger charge is 2.46. The molecule has 0 spiro atoms. The van der Waals surface area contributed by atoms with Crippen molar-refractivity contribution in [2.45, 2.75) is 51.9 Å². The van der Waals surface area contributed by atoms with E-state index in [1.165, 1.54) is 132 Å². The first-order valence-electron chi connectivity index (χ1n) is 34.1. The first-order chi connectivity index (χ1) is 47.5. The molecule has 0 bridgehead atoms. The van der Waals surface area contributed by atoms with Crippen molar-refractivity contribution >= 4 is 179 Å². The van der Waals surface area contributed by atoms with Crippen LogP contribution in [0.25, 0.3) is 131 Å². The van der Waals surface area contributed by atoms with Crippen LogP contribution >= 0.6 is 0 Å². The molecule has 0 aliphatic carbocycles. The van der Waals surface area contributed by atoms with Crippen molar-refractivity contribution in [2.75, 3.05) is 9.80 Å². The number of para-hydroxylation sites is 6. The molecule has 0 atom stereocenters. The Morgan fingerprint density at radius 1 is 0.381 bits per heavy atom. The van der Waals surface area contributed by atoms with Crippen LogP contribution in [0.1, 0.15) is 51.3 Å². The lowest BCUT2D eigenvalue weighted by atomic mass is 9.45. The third-order valence-corrected chi connectivity index (χ3v) is 22.4. The van der Waals surface area contributed by atoms with Crippen molar-refractivity contribution in [3.63, 3.8) is 0 Å². The number of hydrogen-bond acceptors (Lipinski definition) is 5. The second kappa shape index (κ2) is 18.8. The standard InChI is InChI=1S/C88H60B2N6O/c1-87(2,3)55-43-56(45-58(44-55)94-76-37-19-29-61-64-32-18-31-63-59-26-11-14-34-73(59)95(84(63)64)89(81(61)76)68-41-53-39-50-21-9-10-22-51(50)40-54(53)42-77(68)94)88(4,5)49-52-23-17-33-70-83(52)92-71-47-69-78(48-72(71)91-70)93(57-24-7-6-8-25-57)75-36-20-30-62-66-46-67-60-27-13-16-38-79(60)97-86(67)80-65-28-12-15-35-74(65)96(85(66)80)90(69)82(62)75/h6-48H,49H2,1-5H3. The number of fused-ring (bicyclic) bond motifs is 22. The van der Waals surface area contributed by atoms with Crippen molar-refractivity contribution in [1.82, 2.24) is 18.9 Å². The highest BCUT2D eigenvalue weighted by Crippen LogP contribution is 2.52. The minimum atomic E-state index is -0.372. The lowest BCUT2D eigenvalue weighted by Crippen LogP contribution is -2.56. The molecule has 0 saturated carbocycles. The second-order valence-corrected chi connectivity index (χ2v) is 29.3. The van der Waals surface area contributed by atoms with Gasteiger partial charge in [0.1, 0.15) is 11.2 Å². The molecular formula is C88H60B2N6O. The molecule has 18 aromatic rings. The number of anilines is 6. The van der Waals surface area contributed by atoms with Gasteiger partial charge in [-0.15, -0.1) is 0 Å². The van der Waals surface area contributed by atoms with E-state index >= 15 is 0 Å². The van der Waals surface area contributed by atoms with E-state index in [4.69, 9.17) is 14.4 Å². The zero-order valence-corrected chi connectivity index (χ0v) is 54.3. The van der Waals surface area contributed by atoms with Gasteiger partial charge in [0.15, 0.2) is 0 Å². The molecule has 97 heavy (non-hydrogen) atoms. The Balaban J connectivity index is 0.725. The molecular weight excluding hydrogens is 1180 g/mol. The topological polar surface area (TPSA) is 55.3 Å². The van der Waals surface area contributed by atoms with Gasteiger partial charge in [-0.25, -0.2) is 9.97 Å². The summed E-state index contributed by atoms with van der Waals surface area (Å²) in [7, 11) is 0. The first kappa shape index (κ1) is 53.7. The van der Waals surface area contributed by atoms with Crippen LogP contribution in [0.5, 0.6) is 0 Å². The van der Waals surface area contributed by atoms with Crippen molar-refractivity contribution in [1.29, 1.82) is 0 Å². The normalized spacial score (nSPS) is 13.8. The van der Waals surface area contributed by atoms with Gasteiger partial charge in [0.05, 0.1) is 27.5 Å². The smallest absolute Gasteiger partial charge is 0.333 e. The van der Waals surface area contributed by atoms with Crippen LogP contribution in [0.3, 0.4) is 0 Å². The van der Waals surface area contributed by atoms with Gasteiger partial charge in [0.25, 0.3) is 0 Å². The maximum Gasteiger partial charge on any atom is 0.333 e. The van der Waals surface area contributed by atoms with Gasteiger partial charge in [-0.1, -0.05) is 198 Å². The molecule has 4 aliphatic heterocycles. The fourth-order valence-corrected chi connectivity index (χ4v) is 18.1. The fraction of sp³-hybridized carbons (Fsp3) is 0.0909. The van der Waals surface area contributed by atoms with E-state index in [2.05, 4.69) is 314 Å². The number of furan rings is 1. The van der Waals surface area contributed by atoms with E-state index < -0.39 is 0 Å². The van der Waals surface area contributed by atoms with Crippen LogP contribution in [0.4, 0.5) is 34.1 Å². The SMILES string of the molecule is CC(C)(C)c1cc(N2c3cc4cc5ccccc5cc4cc3B3c4c(cccc42)-c2cccc4c5ccccc5n3c24)cc(C(C)(C)Cc2cccc3nc4cc5c(cc4nc23)B2c3c(cccc3N5c3ccccc3)-c3cc4c5ccccc5oc4c4c5ccccc5n2c34)c1. The number of nitrogens with zero attached hydrogens (tertiary/aromatic N) is 6. The zero-order valence-electron chi connectivity index (χ0n) is 54.3. The minimum Gasteiger partial charge on any atom is -0.455 e. The molecule has 7 nitrogen and oxygen atoms in total. The first-order valence-corrected chi connectivity index (χ1v) is 34.1. The lowest BCUT2D eigenvalue weighted by molar-refractivity contribution is 0.519. The minimum absolute atomic E-state index is 0.0589. The Bertz CT molecular complexity index is 6610. The molecule has 14 aromatic carbocycles. The summed E-state index contributed by atoms with van der Waals surface area (Å²) in [5.74, 6) is 0. The predicted octanol–water partition coefficient (Wildman–Crippen LogP) is 19.9. The van der Waals surface area contributed by atoms with Crippen LogP contribution in [0.15, 0.2) is 265 Å². The molecule has 0 amide bonds. The number of rotatable bonds is 5. The van der Waals surface area contributed by atoms with E-state index in [1.807, 2.05) is 0 Å². The Hall–Kier alpha value is -11.7. The molecule has 8 heterocycles. The summed E-state index contributed by atoms with van der Waals surface area (Å²) in [4.78, 5) is 16.6. The van der Waals surface area contributed by atoms with E-state index in [9.17, 15) is 0 Å². The Labute approximate surface area is 560 Å². The van der Waals surface area contributed by atoms with Gasteiger partial charge < -0.3 is 23.2 Å². The van der Waals surface area contributed by atoms with Gasteiger partial charge in [0.2, 0.25) is 0 Å². The van der Waals surface area contributed by atoms with Crippen molar-refractivity contribution in [2.24, 2.45) is 0 Å². The molecule has 22 rings (SSSR count). The quantitative estimate of drug-likeness (QED) is 0.127. The van der Waals surface area contributed by atoms with Crippen molar-refractivity contribution in [3.05, 3.63) is 278 Å². The van der Waals surface area contributed by atoms with Crippen molar-refractivity contribution < 1.29 is 4.42 Å². The summed E-state index contributed by atoms with van der Waals surface area (Å²) in [6.45, 7) is 11.7. The fourth-order valence-electron chi connectivity index (χ4n) is 18.1. The Morgan fingerprint density at radius 3 is 1.74 bits per heavy atom. The summed E-state index contributed by atoms with van der Waals surface area (Å²) in [6, 6.07) is 98.0. The second-order valence-electron chi connectivity index (χ2n) is 29.3. The summed E-state index contributed by atoms with van der Waals surface area (Å²) in [5.41, 5.74) is 30.5. The largest absolute Gasteiger partial charge is 0.455 e. The van der Waals surface area contributed by atoms with Crippen LogP contribution in [0, 0.1) is 0 Å². The highest BCUT2D eigenvalue weighted by molar-refractivity contribution is 6.91. The maximum absolute atomic E-state index is 6.92. The average molecular weight is 1240 g/mol. The van der Waals surface area contributed by atoms with E-state index in [1.54, 1.807) is 0 Å². The summed E-state index contributed by atoms with van der Waals surface area (Å²) in [5, 5.41) is 12.1. The van der Waals surface area contributed by atoms with Crippen LogP contribution in [-0.2, 0) is 17.3 Å². The third kappa shape index (κ3) is 7.22. The molecule has 454 valence electrons. The van der Waals surface area contributed by atoms with Crippen LogP contribution < -0.4 is 31.7 Å². The summed E-state index contributed by atoms with van der Waals surface area (Å²) >= 11 is 0. The van der Waals surface area contributed by atoms with E-state index in [-0.39, 0.29) is 24.5 Å². The van der Waals surface area contributed by atoms with Gasteiger partial charge in [0, 0.05) is 94.2 Å². The van der Waals surface area contributed by atoms with E-state index in [0.29, 0.717) is 0 Å². The highest BCUT2D eigenvalue weighted by atomic mass is 16.3. The molecule has 0 N–H and O–H groups in total. The Kier molecular flexibility index (Phi) is 10.4. The molecule has 0 radical (unpaired) electrons. The monoisotopic (exact) mass is 1240 g/mol. The number of aromatic nitrogens is 4. The van der Waals surface area contributed by atoms with Gasteiger partial charge in [-0.05, 0) is 186 Å². The van der Waals surface area contributed by atoms with Gasteiger partial charge in [-0.3, -0.25) is 0 Å². The number of benzene rings is 14. The molecule has 0 unspecified atom stereocenters. The Morgan fingerprint density at radius 2 is 0.969 bits per heavy atom. The lowest BCUT2D eigenvalue weighted by Gasteiger charge is -2.41. The van der Waals surface area contributed by atoms with Crippen LogP contribution in [-0.4, -0.2) is 32.6 Å². The predicted molar refractivity (Wildman–Crippen MR) is 408 cm³/mol. The summed E-state index contributed by atoms with van der Waals surface area (Å²) < 4.78 is 12.2. The average Bonchev–Trinajstić information content (AvgIpc) is 1.59. The zero-order chi connectivity index (χ0) is 64.1. The molecule has 4 aromatic heterocycles. The molecule has 9 heteroatoms. The molecule has 4 aliphatic rings. The van der Waals surface area contributed by atoms with Crippen LogP contribution in [0.2, 0.25) is 0 Å². The third-order valence-electron chi connectivity index (χ3n) is 22.4. The summed E-state index contributed by atoms with van der Waals surface area (Å²) in [6.07, 6.45) is 0.731. The molecule has 0 saturated heterocycles. The number of hydrogen-bond donors (Lipinski definition) is 0. The maximum atomic E-state index is 6.92. The van der Waals surface area contributed by atoms with E-state index in [0.717, 1.165) is 78.6 Å².